The van der Waals surface area contributed by atoms with Crippen LogP contribution in [0.3, 0.4) is 0 Å². The Labute approximate surface area is 101 Å². The summed E-state index contributed by atoms with van der Waals surface area (Å²) in [6, 6.07) is 2.87. The number of aromatic nitrogens is 1. The topological polar surface area (TPSA) is 39.9 Å². The molecule has 0 bridgehead atoms. The third-order valence-electron chi connectivity index (χ3n) is 3.15. The van der Waals surface area contributed by atoms with Crippen LogP contribution in [0.4, 0.5) is 0 Å². The Morgan fingerprint density at radius 3 is 2.88 bits per heavy atom. The molecule has 0 atom stereocenters. The van der Waals surface area contributed by atoms with Crippen LogP contribution in [0.2, 0.25) is 0 Å². The number of nitriles is 1. The van der Waals surface area contributed by atoms with Crippen LogP contribution in [0.5, 0.6) is 0 Å². The van der Waals surface area contributed by atoms with Gasteiger partial charge < -0.3 is 0 Å². The fourth-order valence-corrected chi connectivity index (χ4v) is 2.97. The molecule has 0 amide bonds. The predicted molar refractivity (Wildman–Crippen MR) is 65.1 cm³/mol. The van der Waals surface area contributed by atoms with Gasteiger partial charge in [0.05, 0.1) is 23.3 Å². The van der Waals surface area contributed by atoms with E-state index in [1.54, 1.807) is 11.3 Å². The summed E-state index contributed by atoms with van der Waals surface area (Å²) in [5, 5.41) is 12.1. The Bertz CT molecular complexity index is 374. The number of aryl methyl sites for hydroxylation is 1. The summed E-state index contributed by atoms with van der Waals surface area (Å²) in [6.45, 7) is 3.39. The van der Waals surface area contributed by atoms with Crippen LogP contribution in [0.25, 0.3) is 0 Å². The van der Waals surface area contributed by atoms with Crippen molar-refractivity contribution in [3.05, 3.63) is 16.1 Å². The summed E-state index contributed by atoms with van der Waals surface area (Å²) in [6.07, 6.45) is 5.10. The molecule has 0 aliphatic heterocycles. The molecule has 1 saturated carbocycles. The van der Waals surface area contributed by atoms with Crippen LogP contribution >= 0.6 is 11.3 Å². The molecule has 0 radical (unpaired) electrons. The van der Waals surface area contributed by atoms with E-state index in [0.29, 0.717) is 12.6 Å². The lowest BCUT2D eigenvalue weighted by atomic mass is 10.2. The summed E-state index contributed by atoms with van der Waals surface area (Å²) in [5.41, 5.74) is 1.12. The van der Waals surface area contributed by atoms with Gasteiger partial charge in [0.1, 0.15) is 0 Å². The first-order valence-electron chi connectivity index (χ1n) is 5.81. The SMILES string of the molecule is Cc1nc(CN(CC#N)C2CCCC2)cs1. The van der Waals surface area contributed by atoms with E-state index in [1.807, 2.05) is 6.92 Å². The maximum absolute atomic E-state index is 8.87. The van der Waals surface area contributed by atoms with Gasteiger partial charge in [0.25, 0.3) is 0 Å². The van der Waals surface area contributed by atoms with Crippen molar-refractivity contribution in [1.29, 1.82) is 5.26 Å². The van der Waals surface area contributed by atoms with E-state index in [4.69, 9.17) is 5.26 Å². The first-order chi connectivity index (χ1) is 7.79. The summed E-state index contributed by atoms with van der Waals surface area (Å²) in [5.74, 6) is 0. The Balaban J connectivity index is 1.99. The van der Waals surface area contributed by atoms with Crippen LogP contribution in [-0.4, -0.2) is 22.5 Å². The predicted octanol–water partition coefficient (Wildman–Crippen LogP) is 2.72. The Kier molecular flexibility index (Phi) is 3.92. The molecule has 0 unspecified atom stereocenters. The normalized spacial score (nSPS) is 16.8. The Hall–Kier alpha value is -0.920. The van der Waals surface area contributed by atoms with Gasteiger partial charge >= 0.3 is 0 Å². The molecular weight excluding hydrogens is 218 g/mol. The van der Waals surface area contributed by atoms with E-state index in [9.17, 15) is 0 Å². The summed E-state index contributed by atoms with van der Waals surface area (Å²) in [7, 11) is 0. The molecule has 2 rings (SSSR count). The second-order valence-corrected chi connectivity index (χ2v) is 5.42. The number of nitrogens with zero attached hydrogens (tertiary/aromatic N) is 3. The van der Waals surface area contributed by atoms with Crippen molar-refractivity contribution in [2.75, 3.05) is 6.54 Å². The van der Waals surface area contributed by atoms with Gasteiger partial charge in [-0.15, -0.1) is 11.3 Å². The average Bonchev–Trinajstić information content (AvgIpc) is 2.88. The average molecular weight is 235 g/mol. The molecule has 3 nitrogen and oxygen atoms in total. The highest BCUT2D eigenvalue weighted by molar-refractivity contribution is 7.09. The fraction of sp³-hybridized carbons (Fsp3) is 0.667. The lowest BCUT2D eigenvalue weighted by Crippen LogP contribution is -2.33. The molecule has 86 valence electrons. The second-order valence-electron chi connectivity index (χ2n) is 4.36. The molecule has 16 heavy (non-hydrogen) atoms. The van der Waals surface area contributed by atoms with E-state index < -0.39 is 0 Å². The van der Waals surface area contributed by atoms with Gasteiger partial charge in [-0.25, -0.2) is 4.98 Å². The zero-order valence-corrected chi connectivity index (χ0v) is 10.5. The molecule has 0 N–H and O–H groups in total. The Morgan fingerprint density at radius 1 is 1.56 bits per heavy atom. The largest absolute Gasteiger partial charge is 0.282 e. The van der Waals surface area contributed by atoms with Crippen LogP contribution < -0.4 is 0 Å². The molecule has 0 aromatic carbocycles. The third kappa shape index (κ3) is 2.81. The van der Waals surface area contributed by atoms with Gasteiger partial charge in [-0.3, -0.25) is 4.90 Å². The summed E-state index contributed by atoms with van der Waals surface area (Å²) >= 11 is 1.69. The van der Waals surface area contributed by atoms with Gasteiger partial charge in [-0.05, 0) is 19.8 Å². The molecular formula is C12H17N3S. The van der Waals surface area contributed by atoms with Crippen LogP contribution in [0.15, 0.2) is 5.38 Å². The minimum atomic E-state index is 0.529. The van der Waals surface area contributed by atoms with Gasteiger partial charge in [0.2, 0.25) is 0 Å². The minimum absolute atomic E-state index is 0.529. The van der Waals surface area contributed by atoms with E-state index in [-0.39, 0.29) is 0 Å². The maximum atomic E-state index is 8.87. The van der Waals surface area contributed by atoms with Crippen LogP contribution in [-0.2, 0) is 6.54 Å². The van der Waals surface area contributed by atoms with Crippen molar-refractivity contribution in [1.82, 2.24) is 9.88 Å². The van der Waals surface area contributed by atoms with Crippen molar-refractivity contribution in [2.24, 2.45) is 0 Å². The molecule has 1 aromatic rings. The van der Waals surface area contributed by atoms with Gasteiger partial charge in [-0.1, -0.05) is 12.8 Å². The number of hydrogen-bond donors (Lipinski definition) is 0. The van der Waals surface area contributed by atoms with E-state index in [0.717, 1.165) is 17.2 Å². The maximum Gasteiger partial charge on any atom is 0.0897 e. The summed E-state index contributed by atoms with van der Waals surface area (Å²) in [4.78, 5) is 6.75. The monoisotopic (exact) mass is 235 g/mol. The molecule has 1 aromatic heterocycles. The van der Waals surface area contributed by atoms with Crippen LogP contribution in [0.1, 0.15) is 36.4 Å². The highest BCUT2D eigenvalue weighted by atomic mass is 32.1. The lowest BCUT2D eigenvalue weighted by molar-refractivity contribution is 0.212. The molecule has 0 saturated heterocycles. The van der Waals surface area contributed by atoms with E-state index >= 15 is 0 Å². The zero-order valence-electron chi connectivity index (χ0n) is 9.65. The number of rotatable bonds is 4. The van der Waals surface area contributed by atoms with Crippen molar-refractivity contribution in [3.8, 4) is 6.07 Å². The van der Waals surface area contributed by atoms with Gasteiger partial charge in [0, 0.05) is 18.0 Å². The van der Waals surface area contributed by atoms with Crippen molar-refractivity contribution in [3.63, 3.8) is 0 Å². The highest BCUT2D eigenvalue weighted by Gasteiger charge is 2.22. The van der Waals surface area contributed by atoms with Gasteiger partial charge in [-0.2, -0.15) is 5.26 Å². The van der Waals surface area contributed by atoms with Gasteiger partial charge in [0.15, 0.2) is 0 Å². The van der Waals surface area contributed by atoms with Crippen LogP contribution in [0, 0.1) is 18.3 Å². The number of thiazole rings is 1. The van der Waals surface area contributed by atoms with Crippen molar-refractivity contribution < 1.29 is 0 Å². The second kappa shape index (κ2) is 5.42. The first-order valence-corrected chi connectivity index (χ1v) is 6.69. The third-order valence-corrected chi connectivity index (χ3v) is 3.97. The zero-order chi connectivity index (χ0) is 11.4. The van der Waals surface area contributed by atoms with E-state index in [1.165, 1.54) is 25.7 Å². The molecule has 1 aliphatic carbocycles. The number of hydrogen-bond acceptors (Lipinski definition) is 4. The molecule has 1 fully saturated rings. The quantitative estimate of drug-likeness (QED) is 0.753. The van der Waals surface area contributed by atoms with Crippen molar-refractivity contribution >= 4 is 11.3 Å². The Morgan fingerprint density at radius 2 is 2.31 bits per heavy atom. The first kappa shape index (κ1) is 11.6. The molecule has 0 spiro atoms. The fourth-order valence-electron chi connectivity index (χ4n) is 2.36. The standard InChI is InChI=1S/C12H17N3S/c1-10-14-11(9-16-10)8-15(7-6-13)12-4-2-3-5-12/h9,12H,2-5,7-8H2,1H3. The molecule has 1 heterocycles. The minimum Gasteiger partial charge on any atom is -0.282 e. The highest BCUT2D eigenvalue weighted by Crippen LogP contribution is 2.24. The molecule has 1 aliphatic rings. The lowest BCUT2D eigenvalue weighted by Gasteiger charge is -2.25. The molecule has 4 heteroatoms. The van der Waals surface area contributed by atoms with Crippen molar-refractivity contribution in [2.45, 2.75) is 45.2 Å². The van der Waals surface area contributed by atoms with E-state index in [2.05, 4.69) is 21.3 Å². The summed E-state index contributed by atoms with van der Waals surface area (Å²) < 4.78 is 0. The smallest absolute Gasteiger partial charge is 0.0897 e.